The number of hydrogen-bond donors (Lipinski definition) is 0. The van der Waals surface area contributed by atoms with Gasteiger partial charge in [0, 0.05) is 6.54 Å². The fraction of sp³-hybridized carbons (Fsp3) is 0.417. The summed E-state index contributed by atoms with van der Waals surface area (Å²) in [6.07, 6.45) is 1.80. The van der Waals surface area contributed by atoms with E-state index in [2.05, 4.69) is 15.9 Å². The Morgan fingerprint density at radius 1 is 1.41 bits per heavy atom. The Hall–Kier alpha value is -0.250. The maximum absolute atomic E-state index is 12.1. The number of nitrogens with zero attached hydrogens (tertiary/aromatic N) is 1. The van der Waals surface area contributed by atoms with Crippen molar-refractivity contribution in [2.75, 3.05) is 11.4 Å². The van der Waals surface area contributed by atoms with Gasteiger partial charge in [-0.05, 0) is 31.4 Å². The third kappa shape index (κ3) is 2.47. The molecule has 17 heavy (non-hydrogen) atoms. The van der Waals surface area contributed by atoms with Crippen LogP contribution in [-0.4, -0.2) is 17.3 Å². The molecule has 1 aromatic carbocycles. The van der Waals surface area contributed by atoms with Crippen LogP contribution >= 0.6 is 39.1 Å². The van der Waals surface area contributed by atoms with Crippen LogP contribution in [-0.2, 0) is 4.79 Å². The Morgan fingerprint density at radius 2 is 2.12 bits per heavy atom. The molecule has 0 spiro atoms. The van der Waals surface area contributed by atoms with Crippen molar-refractivity contribution < 1.29 is 4.79 Å². The lowest BCUT2D eigenvalue weighted by Gasteiger charge is -2.31. The number of amides is 1. The molecular formula is C12H12BrCl2NO. The van der Waals surface area contributed by atoms with Gasteiger partial charge in [0.25, 0.3) is 0 Å². The molecule has 0 aromatic heterocycles. The molecule has 1 unspecified atom stereocenters. The molecule has 2 nitrogen and oxygen atoms in total. The number of alkyl halides is 1. The van der Waals surface area contributed by atoms with Crippen LogP contribution in [0.25, 0.3) is 0 Å². The fourth-order valence-corrected chi connectivity index (χ4v) is 3.09. The van der Waals surface area contributed by atoms with Gasteiger partial charge in [-0.2, -0.15) is 0 Å². The first-order chi connectivity index (χ1) is 8.02. The summed E-state index contributed by atoms with van der Waals surface area (Å²) in [5.41, 5.74) is 1.57. The number of hydrogen-bond acceptors (Lipinski definition) is 1. The Bertz CT molecular complexity index is 464. The average Bonchev–Trinajstić information content (AvgIpc) is 2.30. The van der Waals surface area contributed by atoms with Gasteiger partial charge in [0.1, 0.15) is 0 Å². The zero-order valence-corrected chi connectivity index (χ0v) is 12.4. The van der Waals surface area contributed by atoms with Gasteiger partial charge in [-0.15, -0.1) is 0 Å². The van der Waals surface area contributed by atoms with Crippen molar-refractivity contribution >= 4 is 50.7 Å². The minimum absolute atomic E-state index is 0.0330. The largest absolute Gasteiger partial charge is 0.309 e. The molecule has 0 saturated carbocycles. The minimum Gasteiger partial charge on any atom is -0.309 e. The molecule has 1 aliphatic rings. The molecular weight excluding hydrogens is 325 g/mol. The number of halogens is 3. The van der Waals surface area contributed by atoms with E-state index in [1.807, 2.05) is 13.0 Å². The normalized spacial score (nSPS) is 20.8. The van der Waals surface area contributed by atoms with Crippen LogP contribution in [0.3, 0.4) is 0 Å². The van der Waals surface area contributed by atoms with Crippen LogP contribution in [0.2, 0.25) is 10.0 Å². The van der Waals surface area contributed by atoms with E-state index in [0.717, 1.165) is 18.4 Å². The third-order valence-electron chi connectivity index (χ3n) is 2.90. The highest BCUT2D eigenvalue weighted by Gasteiger charge is 2.30. The number of anilines is 1. The highest BCUT2D eigenvalue weighted by Crippen LogP contribution is 2.38. The van der Waals surface area contributed by atoms with E-state index in [1.54, 1.807) is 11.0 Å². The molecule has 0 bridgehead atoms. The SMILES string of the molecule is Cc1ccc(Cl)c(N2CCCC(Br)C2=O)c1Cl. The van der Waals surface area contributed by atoms with Crippen LogP contribution < -0.4 is 4.90 Å². The summed E-state index contributed by atoms with van der Waals surface area (Å²) in [7, 11) is 0. The second-order valence-corrected chi connectivity index (χ2v) is 6.02. The molecule has 0 N–H and O–H groups in total. The zero-order valence-electron chi connectivity index (χ0n) is 9.34. The fourth-order valence-electron chi connectivity index (χ4n) is 1.94. The van der Waals surface area contributed by atoms with Crippen molar-refractivity contribution in [3.8, 4) is 0 Å². The highest BCUT2D eigenvalue weighted by atomic mass is 79.9. The highest BCUT2D eigenvalue weighted by molar-refractivity contribution is 9.10. The van der Waals surface area contributed by atoms with E-state index in [0.29, 0.717) is 22.3 Å². The van der Waals surface area contributed by atoms with Crippen molar-refractivity contribution in [1.82, 2.24) is 0 Å². The van der Waals surface area contributed by atoms with Gasteiger partial charge in [-0.25, -0.2) is 0 Å². The second-order valence-electron chi connectivity index (χ2n) is 4.13. The van der Waals surface area contributed by atoms with Crippen molar-refractivity contribution in [3.05, 3.63) is 27.7 Å². The van der Waals surface area contributed by atoms with Gasteiger partial charge in [-0.3, -0.25) is 4.79 Å². The van der Waals surface area contributed by atoms with E-state index in [-0.39, 0.29) is 10.7 Å². The molecule has 1 heterocycles. The zero-order chi connectivity index (χ0) is 12.6. The summed E-state index contributed by atoms with van der Waals surface area (Å²) in [5.74, 6) is 0.0330. The number of carbonyl (C=O) groups is 1. The van der Waals surface area contributed by atoms with Crippen molar-refractivity contribution in [2.24, 2.45) is 0 Å². The number of piperidine rings is 1. The molecule has 2 rings (SSSR count). The Labute approximate surface area is 119 Å². The quantitative estimate of drug-likeness (QED) is 0.704. The molecule has 1 atom stereocenters. The topological polar surface area (TPSA) is 20.3 Å². The third-order valence-corrected chi connectivity index (χ3v) is 4.53. The van der Waals surface area contributed by atoms with Gasteiger partial charge in [0.2, 0.25) is 5.91 Å². The minimum atomic E-state index is -0.135. The summed E-state index contributed by atoms with van der Waals surface area (Å²) in [4.78, 5) is 13.6. The summed E-state index contributed by atoms with van der Waals surface area (Å²) < 4.78 is 0. The first-order valence-electron chi connectivity index (χ1n) is 5.42. The van der Waals surface area contributed by atoms with Gasteiger partial charge >= 0.3 is 0 Å². The van der Waals surface area contributed by atoms with Crippen LogP contribution in [0, 0.1) is 6.92 Å². The molecule has 0 aliphatic carbocycles. The first kappa shape index (κ1) is 13.2. The van der Waals surface area contributed by atoms with E-state index in [4.69, 9.17) is 23.2 Å². The number of aryl methyl sites for hydroxylation is 1. The first-order valence-corrected chi connectivity index (χ1v) is 7.09. The van der Waals surface area contributed by atoms with Gasteiger partial charge in [0.15, 0.2) is 0 Å². The van der Waals surface area contributed by atoms with Gasteiger partial charge in [-0.1, -0.05) is 45.2 Å². The van der Waals surface area contributed by atoms with Crippen molar-refractivity contribution in [2.45, 2.75) is 24.6 Å². The summed E-state index contributed by atoms with van der Waals surface area (Å²) >= 11 is 15.8. The summed E-state index contributed by atoms with van der Waals surface area (Å²) in [6.45, 7) is 2.58. The Morgan fingerprint density at radius 3 is 2.82 bits per heavy atom. The molecule has 5 heteroatoms. The maximum atomic E-state index is 12.1. The van der Waals surface area contributed by atoms with E-state index >= 15 is 0 Å². The Kier molecular flexibility index (Phi) is 4.01. The number of benzene rings is 1. The van der Waals surface area contributed by atoms with Crippen molar-refractivity contribution in [3.63, 3.8) is 0 Å². The van der Waals surface area contributed by atoms with Gasteiger partial charge in [0.05, 0.1) is 20.6 Å². The monoisotopic (exact) mass is 335 g/mol. The molecule has 1 saturated heterocycles. The average molecular weight is 337 g/mol. The Balaban J connectivity index is 2.46. The maximum Gasteiger partial charge on any atom is 0.240 e. The molecule has 0 radical (unpaired) electrons. The summed E-state index contributed by atoms with van der Waals surface area (Å²) in [5, 5.41) is 1.09. The second kappa shape index (κ2) is 5.17. The molecule has 1 aromatic rings. The van der Waals surface area contributed by atoms with Gasteiger partial charge < -0.3 is 4.90 Å². The van der Waals surface area contributed by atoms with E-state index < -0.39 is 0 Å². The van der Waals surface area contributed by atoms with E-state index in [1.165, 1.54) is 0 Å². The lowest BCUT2D eigenvalue weighted by molar-refractivity contribution is -0.118. The van der Waals surface area contributed by atoms with Crippen LogP contribution in [0.4, 0.5) is 5.69 Å². The van der Waals surface area contributed by atoms with Crippen LogP contribution in [0.5, 0.6) is 0 Å². The smallest absolute Gasteiger partial charge is 0.240 e. The van der Waals surface area contributed by atoms with Crippen LogP contribution in [0.15, 0.2) is 12.1 Å². The predicted molar refractivity (Wildman–Crippen MR) is 75.5 cm³/mol. The lowest BCUT2D eigenvalue weighted by atomic mass is 10.1. The number of rotatable bonds is 1. The molecule has 92 valence electrons. The summed E-state index contributed by atoms with van der Waals surface area (Å²) in [6, 6.07) is 3.64. The van der Waals surface area contributed by atoms with Crippen LogP contribution in [0.1, 0.15) is 18.4 Å². The molecule has 1 fully saturated rings. The lowest BCUT2D eigenvalue weighted by Crippen LogP contribution is -2.42. The number of carbonyl (C=O) groups excluding carboxylic acids is 1. The molecule has 1 amide bonds. The molecule has 1 aliphatic heterocycles. The standard InChI is InChI=1S/C12H12BrCl2NO/c1-7-4-5-9(14)11(10(7)15)16-6-2-3-8(13)12(16)17/h4-5,8H,2-3,6H2,1H3. The van der Waals surface area contributed by atoms with Crippen molar-refractivity contribution in [1.29, 1.82) is 0 Å². The predicted octanol–water partition coefficient (Wildman–Crippen LogP) is 4.19. The van der Waals surface area contributed by atoms with E-state index in [9.17, 15) is 4.79 Å².